The molecule has 4 rings (SSSR count). The number of alkyl halides is 6. The van der Waals surface area contributed by atoms with Gasteiger partial charge in [-0.15, -0.1) is 0 Å². The number of benzene rings is 2. The van der Waals surface area contributed by atoms with Crippen molar-refractivity contribution in [3.8, 4) is 28.6 Å². The van der Waals surface area contributed by atoms with Crippen molar-refractivity contribution < 1.29 is 50.6 Å². The highest BCUT2D eigenvalue weighted by molar-refractivity contribution is 5.94. The minimum atomic E-state index is -5.03. The molecule has 220 valence electrons. The van der Waals surface area contributed by atoms with E-state index in [9.17, 15) is 41.4 Å². The van der Waals surface area contributed by atoms with Crippen LogP contribution in [0.2, 0.25) is 0 Å². The SMILES string of the molecule is C[C@H](Oc1ccc(-c2nc(-c3cccc4c3ccn4CC(=O)N(CCO)CCO)no2)cc1C(F)(F)F)C(F)(F)F. The second-order valence-corrected chi connectivity index (χ2v) is 8.94. The number of nitrogens with zero attached hydrogens (tertiary/aromatic N) is 4. The zero-order valence-electron chi connectivity index (χ0n) is 21.4. The smallest absolute Gasteiger partial charge is 0.425 e. The molecule has 0 aliphatic heterocycles. The monoisotopic (exact) mass is 586 g/mol. The fourth-order valence-corrected chi connectivity index (χ4v) is 4.10. The quantitative estimate of drug-likeness (QED) is 0.263. The van der Waals surface area contributed by atoms with Gasteiger partial charge in [-0.3, -0.25) is 4.79 Å². The molecule has 1 amide bonds. The van der Waals surface area contributed by atoms with Crippen molar-refractivity contribution in [3.05, 3.63) is 54.2 Å². The van der Waals surface area contributed by atoms with Gasteiger partial charge in [0.05, 0.1) is 18.8 Å². The maximum Gasteiger partial charge on any atom is 0.425 e. The molecule has 0 saturated heterocycles. The lowest BCUT2D eigenvalue weighted by molar-refractivity contribution is -0.191. The van der Waals surface area contributed by atoms with E-state index in [1.54, 1.807) is 35.0 Å². The number of aromatic nitrogens is 3. The largest absolute Gasteiger partial charge is 0.481 e. The van der Waals surface area contributed by atoms with Gasteiger partial charge in [0, 0.05) is 41.3 Å². The van der Waals surface area contributed by atoms with Gasteiger partial charge >= 0.3 is 12.4 Å². The summed E-state index contributed by atoms with van der Waals surface area (Å²) in [7, 11) is 0. The molecule has 41 heavy (non-hydrogen) atoms. The van der Waals surface area contributed by atoms with Gasteiger partial charge < -0.3 is 28.9 Å². The van der Waals surface area contributed by atoms with Crippen molar-refractivity contribution in [3.63, 3.8) is 0 Å². The fourth-order valence-electron chi connectivity index (χ4n) is 4.10. The van der Waals surface area contributed by atoms with Crippen molar-refractivity contribution in [2.75, 3.05) is 26.3 Å². The normalized spacial score (nSPS) is 13.0. The average molecular weight is 586 g/mol. The standard InChI is InChI=1S/C26H24F6N4O5/c1-15(25(27,28)29)40-21-6-5-16(13-19(21)26(30,31)32)24-33-23(34-41-24)18-3-2-4-20-17(18)7-8-36(20)14-22(39)35(9-11-37)10-12-38/h2-8,13,15,37-38H,9-12,14H2,1H3/t15-/m0/s1. The van der Waals surface area contributed by atoms with Gasteiger partial charge in [0.1, 0.15) is 12.3 Å². The van der Waals surface area contributed by atoms with Crippen LogP contribution in [0, 0.1) is 0 Å². The van der Waals surface area contributed by atoms with Gasteiger partial charge in [-0.2, -0.15) is 31.3 Å². The van der Waals surface area contributed by atoms with E-state index in [0.29, 0.717) is 29.5 Å². The van der Waals surface area contributed by atoms with Crippen molar-refractivity contribution in [1.29, 1.82) is 0 Å². The topological polar surface area (TPSA) is 114 Å². The summed E-state index contributed by atoms with van der Waals surface area (Å²) < 4.78 is 91.0. The van der Waals surface area contributed by atoms with Crippen LogP contribution in [-0.2, 0) is 17.5 Å². The third-order valence-electron chi connectivity index (χ3n) is 6.18. The molecule has 15 heteroatoms. The van der Waals surface area contributed by atoms with Gasteiger partial charge in [0.25, 0.3) is 5.89 Å². The number of carbonyl (C=O) groups excluding carboxylic acids is 1. The summed E-state index contributed by atoms with van der Waals surface area (Å²) in [6.45, 7) is 0.0825. The Kier molecular flexibility index (Phi) is 8.58. The number of carbonyl (C=O) groups is 1. The highest BCUT2D eigenvalue weighted by Crippen LogP contribution is 2.40. The molecule has 9 nitrogen and oxygen atoms in total. The first-order valence-electron chi connectivity index (χ1n) is 12.2. The second kappa shape index (κ2) is 11.8. The van der Waals surface area contributed by atoms with Crippen molar-refractivity contribution in [1.82, 2.24) is 19.6 Å². The first-order valence-corrected chi connectivity index (χ1v) is 12.2. The highest BCUT2D eigenvalue weighted by Gasteiger charge is 2.41. The zero-order chi connectivity index (χ0) is 29.9. The molecular weight excluding hydrogens is 562 g/mol. The summed E-state index contributed by atoms with van der Waals surface area (Å²) in [5.41, 5.74) is -0.575. The Hall–Kier alpha value is -4.11. The summed E-state index contributed by atoms with van der Waals surface area (Å²) in [4.78, 5) is 18.2. The Morgan fingerprint density at radius 1 is 1.07 bits per heavy atom. The van der Waals surface area contributed by atoms with Crippen LogP contribution in [0.1, 0.15) is 12.5 Å². The molecule has 0 saturated carbocycles. The summed E-state index contributed by atoms with van der Waals surface area (Å²) >= 11 is 0. The molecule has 0 radical (unpaired) electrons. The third kappa shape index (κ3) is 6.62. The van der Waals surface area contributed by atoms with E-state index in [4.69, 9.17) is 4.52 Å². The lowest BCUT2D eigenvalue weighted by Gasteiger charge is -2.21. The lowest BCUT2D eigenvalue weighted by Crippen LogP contribution is -2.37. The maximum atomic E-state index is 13.7. The first kappa shape index (κ1) is 29.9. The van der Waals surface area contributed by atoms with Crippen molar-refractivity contribution >= 4 is 16.8 Å². The van der Waals surface area contributed by atoms with Gasteiger partial charge in [0.15, 0.2) is 6.10 Å². The van der Waals surface area contributed by atoms with E-state index in [-0.39, 0.29) is 56.0 Å². The Morgan fingerprint density at radius 3 is 2.41 bits per heavy atom. The van der Waals surface area contributed by atoms with E-state index < -0.39 is 29.8 Å². The molecule has 0 bridgehead atoms. The summed E-state index contributed by atoms with van der Waals surface area (Å²) in [6, 6.07) is 9.13. The van der Waals surface area contributed by atoms with Gasteiger partial charge in [-0.25, -0.2) is 0 Å². The zero-order valence-corrected chi connectivity index (χ0v) is 21.4. The molecule has 1 atom stereocenters. The van der Waals surface area contributed by atoms with Crippen LogP contribution in [-0.4, -0.2) is 74.3 Å². The molecule has 0 fully saturated rings. The third-order valence-corrected chi connectivity index (χ3v) is 6.18. The minimum Gasteiger partial charge on any atom is -0.481 e. The molecule has 4 aromatic rings. The molecule has 2 heterocycles. The highest BCUT2D eigenvalue weighted by atomic mass is 19.4. The van der Waals surface area contributed by atoms with Crippen LogP contribution in [0.5, 0.6) is 5.75 Å². The minimum absolute atomic E-state index is 0.0245. The number of rotatable bonds is 10. The molecule has 0 unspecified atom stereocenters. The van der Waals surface area contributed by atoms with Crippen LogP contribution in [0.15, 0.2) is 53.2 Å². The number of aliphatic hydroxyl groups is 2. The van der Waals surface area contributed by atoms with Crippen LogP contribution >= 0.6 is 0 Å². The van der Waals surface area contributed by atoms with E-state index in [1.165, 1.54) is 4.90 Å². The summed E-state index contributed by atoms with van der Waals surface area (Å²) in [5, 5.41) is 22.8. The Bertz CT molecular complexity index is 1510. The van der Waals surface area contributed by atoms with Crippen LogP contribution < -0.4 is 4.74 Å². The number of amides is 1. The molecule has 2 aromatic carbocycles. The number of aliphatic hydroxyl groups excluding tert-OH is 2. The predicted molar refractivity (Wildman–Crippen MR) is 133 cm³/mol. The molecule has 0 aliphatic rings. The summed E-state index contributed by atoms with van der Waals surface area (Å²) in [6.07, 6.45) is -10.7. The van der Waals surface area contributed by atoms with E-state index in [1.807, 2.05) is 0 Å². The van der Waals surface area contributed by atoms with Gasteiger partial charge in [-0.1, -0.05) is 17.3 Å². The van der Waals surface area contributed by atoms with Gasteiger partial charge in [0.2, 0.25) is 11.7 Å². The number of fused-ring (bicyclic) bond motifs is 1. The predicted octanol–water partition coefficient (Wildman–Crippen LogP) is 4.52. The Balaban J connectivity index is 1.64. The number of ether oxygens (including phenoxy) is 1. The van der Waals surface area contributed by atoms with Crippen LogP contribution in [0.25, 0.3) is 33.7 Å². The fraction of sp³-hybridized carbons (Fsp3) is 0.346. The molecule has 2 aromatic heterocycles. The lowest BCUT2D eigenvalue weighted by atomic mass is 10.1. The van der Waals surface area contributed by atoms with Crippen LogP contribution in [0.4, 0.5) is 26.3 Å². The Morgan fingerprint density at radius 2 is 1.78 bits per heavy atom. The number of halogens is 6. The van der Waals surface area contributed by atoms with Crippen molar-refractivity contribution in [2.24, 2.45) is 0 Å². The van der Waals surface area contributed by atoms with Crippen molar-refractivity contribution in [2.45, 2.75) is 31.9 Å². The summed E-state index contributed by atoms with van der Waals surface area (Å²) in [5.74, 6) is -1.62. The van der Waals surface area contributed by atoms with Crippen LogP contribution in [0.3, 0.4) is 0 Å². The molecule has 0 spiro atoms. The average Bonchev–Trinajstić information content (AvgIpc) is 3.55. The Labute approximate surface area is 228 Å². The van der Waals surface area contributed by atoms with E-state index in [2.05, 4.69) is 14.9 Å². The molecule has 2 N–H and O–H groups in total. The maximum absolute atomic E-state index is 13.7. The second-order valence-electron chi connectivity index (χ2n) is 8.94. The number of hydrogen-bond donors (Lipinski definition) is 2. The molecule has 0 aliphatic carbocycles. The number of hydrogen-bond acceptors (Lipinski definition) is 7. The molecular formula is C26H24F6N4O5. The van der Waals surface area contributed by atoms with Gasteiger partial charge in [-0.05, 0) is 37.3 Å². The van der Waals surface area contributed by atoms with E-state index in [0.717, 1.165) is 12.1 Å². The van der Waals surface area contributed by atoms with E-state index >= 15 is 0 Å². The first-order chi connectivity index (χ1) is 19.3.